The lowest BCUT2D eigenvalue weighted by molar-refractivity contribution is 1.67. The first kappa shape index (κ1) is 12.1. The molecule has 0 saturated heterocycles. The molecule has 3 aromatic carbocycles. The van der Waals surface area contributed by atoms with Crippen LogP contribution >= 0.6 is 27.3 Å². The van der Waals surface area contributed by atoms with Gasteiger partial charge >= 0.3 is 0 Å². The highest BCUT2D eigenvalue weighted by molar-refractivity contribution is 9.10. The van der Waals surface area contributed by atoms with Crippen LogP contribution in [0.15, 0.2) is 71.2 Å². The maximum Gasteiger partial charge on any atom is 0.0497 e. The van der Waals surface area contributed by atoms with Crippen LogP contribution in [0.3, 0.4) is 0 Å². The Labute approximate surface area is 129 Å². The molecule has 20 heavy (non-hydrogen) atoms. The zero-order chi connectivity index (χ0) is 13.5. The highest BCUT2D eigenvalue weighted by Gasteiger charge is 2.11. The van der Waals surface area contributed by atoms with Gasteiger partial charge in [0.1, 0.15) is 0 Å². The van der Waals surface area contributed by atoms with Gasteiger partial charge < -0.3 is 0 Å². The summed E-state index contributed by atoms with van der Waals surface area (Å²) in [6.45, 7) is 0. The summed E-state index contributed by atoms with van der Waals surface area (Å²) >= 11 is 5.52. The molecule has 4 rings (SSSR count). The Balaban J connectivity index is 2.17. The molecule has 96 valence electrons. The van der Waals surface area contributed by atoms with Crippen molar-refractivity contribution in [2.45, 2.75) is 0 Å². The van der Waals surface area contributed by atoms with E-state index in [2.05, 4.69) is 82.7 Å². The molecule has 0 fully saturated rings. The molecule has 0 saturated carbocycles. The highest BCUT2D eigenvalue weighted by Crippen LogP contribution is 2.42. The summed E-state index contributed by atoms with van der Waals surface area (Å²) in [4.78, 5) is 0. The summed E-state index contributed by atoms with van der Waals surface area (Å²) < 4.78 is 3.84. The van der Waals surface area contributed by atoms with Crippen LogP contribution in [0, 0.1) is 0 Å². The minimum Gasteiger partial charge on any atom is -0.134 e. The van der Waals surface area contributed by atoms with Crippen molar-refractivity contribution in [1.82, 2.24) is 0 Å². The van der Waals surface area contributed by atoms with Gasteiger partial charge in [-0.2, -0.15) is 0 Å². The van der Waals surface area contributed by atoms with E-state index in [9.17, 15) is 0 Å². The second kappa shape index (κ2) is 4.72. The Kier molecular flexibility index (Phi) is 2.86. The van der Waals surface area contributed by atoms with Crippen molar-refractivity contribution >= 4 is 47.4 Å². The number of thiophene rings is 1. The van der Waals surface area contributed by atoms with Crippen LogP contribution in [0.2, 0.25) is 0 Å². The second-order valence-electron chi connectivity index (χ2n) is 4.76. The van der Waals surface area contributed by atoms with Crippen molar-refractivity contribution in [1.29, 1.82) is 0 Å². The van der Waals surface area contributed by atoms with Crippen molar-refractivity contribution in [2.75, 3.05) is 0 Å². The Morgan fingerprint density at radius 3 is 2.40 bits per heavy atom. The average molecular weight is 339 g/mol. The van der Waals surface area contributed by atoms with Gasteiger partial charge in [0.15, 0.2) is 0 Å². The molecule has 0 atom stereocenters. The molecule has 0 aliphatic rings. The molecule has 0 radical (unpaired) electrons. The van der Waals surface area contributed by atoms with Crippen molar-refractivity contribution in [3.8, 4) is 11.1 Å². The largest absolute Gasteiger partial charge is 0.134 e. The zero-order valence-electron chi connectivity index (χ0n) is 10.6. The molecule has 0 N–H and O–H groups in total. The van der Waals surface area contributed by atoms with Gasteiger partial charge in [-0.25, -0.2) is 0 Å². The maximum atomic E-state index is 3.67. The third kappa shape index (κ3) is 1.80. The molecule has 4 aromatic rings. The Morgan fingerprint density at radius 1 is 0.750 bits per heavy atom. The van der Waals surface area contributed by atoms with Crippen LogP contribution in [0.1, 0.15) is 0 Å². The average Bonchev–Trinajstić information content (AvgIpc) is 2.88. The second-order valence-corrected chi connectivity index (χ2v) is 6.67. The van der Waals surface area contributed by atoms with Crippen LogP contribution in [-0.4, -0.2) is 0 Å². The minimum absolute atomic E-state index is 1.18. The van der Waals surface area contributed by atoms with E-state index >= 15 is 0 Å². The molecule has 0 unspecified atom stereocenters. The summed E-state index contributed by atoms with van der Waals surface area (Å²) in [5, 5.41) is 2.69. The molecular formula is C18H11BrS. The fourth-order valence-corrected chi connectivity index (χ4v) is 4.41. The highest BCUT2D eigenvalue weighted by atomic mass is 79.9. The van der Waals surface area contributed by atoms with Crippen LogP contribution in [-0.2, 0) is 0 Å². The SMILES string of the molecule is Brc1cccc2c1sc1cccc(-c3ccccc3)c12. The van der Waals surface area contributed by atoms with Gasteiger partial charge in [-0.1, -0.05) is 54.6 Å². The van der Waals surface area contributed by atoms with Gasteiger partial charge in [0, 0.05) is 24.6 Å². The summed E-state index contributed by atoms with van der Waals surface area (Å²) in [7, 11) is 0. The summed E-state index contributed by atoms with van der Waals surface area (Å²) in [6.07, 6.45) is 0. The molecule has 0 amide bonds. The number of fused-ring (bicyclic) bond motifs is 3. The third-order valence-corrected chi connectivity index (χ3v) is 5.69. The van der Waals surface area contributed by atoms with Gasteiger partial charge in [-0.05, 0) is 39.2 Å². The summed E-state index contributed by atoms with van der Waals surface area (Å²) in [6, 6.07) is 23.6. The van der Waals surface area contributed by atoms with E-state index in [0.717, 1.165) is 0 Å². The molecule has 0 spiro atoms. The van der Waals surface area contributed by atoms with E-state index in [1.807, 2.05) is 11.3 Å². The standard InChI is InChI=1S/C18H11BrS/c19-15-10-4-9-14-17-13(12-6-2-1-3-7-12)8-5-11-16(17)20-18(14)15/h1-11H. The van der Waals surface area contributed by atoms with Crippen LogP contribution in [0.5, 0.6) is 0 Å². The molecule has 0 aliphatic heterocycles. The summed E-state index contributed by atoms with van der Waals surface area (Å²) in [5.74, 6) is 0. The molecule has 1 heterocycles. The predicted octanol–water partition coefficient (Wildman–Crippen LogP) is 6.48. The van der Waals surface area contributed by atoms with Gasteiger partial charge in [0.2, 0.25) is 0 Å². The van der Waals surface area contributed by atoms with E-state index in [1.54, 1.807) is 0 Å². The zero-order valence-corrected chi connectivity index (χ0v) is 13.0. The minimum atomic E-state index is 1.18. The lowest BCUT2D eigenvalue weighted by Crippen LogP contribution is -1.78. The van der Waals surface area contributed by atoms with Crippen LogP contribution < -0.4 is 0 Å². The van der Waals surface area contributed by atoms with Gasteiger partial charge in [0.25, 0.3) is 0 Å². The molecule has 2 heteroatoms. The Bertz CT molecular complexity index is 907. The van der Waals surface area contributed by atoms with Gasteiger partial charge in [0.05, 0.1) is 0 Å². The first-order chi connectivity index (χ1) is 9.84. The monoisotopic (exact) mass is 338 g/mol. The van der Waals surface area contributed by atoms with Crippen molar-refractivity contribution < 1.29 is 0 Å². The fraction of sp³-hybridized carbons (Fsp3) is 0. The molecule has 1 aromatic heterocycles. The van der Waals surface area contributed by atoms with Gasteiger partial charge in [-0.3, -0.25) is 0 Å². The topological polar surface area (TPSA) is 0 Å². The van der Waals surface area contributed by atoms with Crippen molar-refractivity contribution in [2.24, 2.45) is 0 Å². The van der Waals surface area contributed by atoms with E-state index in [4.69, 9.17) is 0 Å². The predicted molar refractivity (Wildman–Crippen MR) is 92.5 cm³/mol. The molecular weight excluding hydrogens is 328 g/mol. The van der Waals surface area contributed by atoms with E-state index < -0.39 is 0 Å². The molecule has 0 aliphatic carbocycles. The first-order valence-corrected chi connectivity index (χ1v) is 8.11. The van der Waals surface area contributed by atoms with Crippen LogP contribution in [0.4, 0.5) is 0 Å². The lowest BCUT2D eigenvalue weighted by atomic mass is 10.00. The first-order valence-electron chi connectivity index (χ1n) is 6.50. The smallest absolute Gasteiger partial charge is 0.0497 e. The van der Waals surface area contributed by atoms with Crippen LogP contribution in [0.25, 0.3) is 31.3 Å². The number of hydrogen-bond donors (Lipinski definition) is 0. The maximum absolute atomic E-state index is 3.67. The number of rotatable bonds is 1. The van der Waals surface area contributed by atoms with E-state index in [0.29, 0.717) is 0 Å². The molecule has 0 bridgehead atoms. The Hall–Kier alpha value is -1.64. The number of benzene rings is 3. The quantitative estimate of drug-likeness (QED) is 0.372. The van der Waals surface area contributed by atoms with E-state index in [-0.39, 0.29) is 0 Å². The van der Waals surface area contributed by atoms with Gasteiger partial charge in [-0.15, -0.1) is 11.3 Å². The lowest BCUT2D eigenvalue weighted by Gasteiger charge is -2.04. The third-order valence-electron chi connectivity index (χ3n) is 3.56. The normalized spacial score (nSPS) is 11.2. The van der Waals surface area contributed by atoms with Crippen molar-refractivity contribution in [3.05, 3.63) is 71.2 Å². The number of halogens is 1. The summed E-state index contributed by atoms with van der Waals surface area (Å²) in [5.41, 5.74) is 2.59. The van der Waals surface area contributed by atoms with E-state index in [1.165, 1.54) is 35.8 Å². The Morgan fingerprint density at radius 2 is 1.55 bits per heavy atom. The number of hydrogen-bond acceptors (Lipinski definition) is 1. The molecule has 0 nitrogen and oxygen atoms in total. The van der Waals surface area contributed by atoms with Crippen molar-refractivity contribution in [3.63, 3.8) is 0 Å². The fourth-order valence-electron chi connectivity index (χ4n) is 2.67.